The molecule has 9 heteroatoms. The van der Waals surface area contributed by atoms with Gasteiger partial charge in [0, 0.05) is 17.3 Å². The van der Waals surface area contributed by atoms with E-state index < -0.39 is 41.1 Å². The van der Waals surface area contributed by atoms with E-state index in [1.807, 2.05) is 33.8 Å². The number of esters is 1. The predicted octanol–water partition coefficient (Wildman–Crippen LogP) is 4.79. The molecular formula is C32H43ClN2O6. The highest BCUT2D eigenvalue weighted by molar-refractivity contribution is 6.30. The summed E-state index contributed by atoms with van der Waals surface area (Å²) in [5.41, 5.74) is -1.62. The van der Waals surface area contributed by atoms with Gasteiger partial charge in [-0.15, -0.1) is 13.2 Å². The van der Waals surface area contributed by atoms with E-state index in [2.05, 4.69) is 13.2 Å². The van der Waals surface area contributed by atoms with Gasteiger partial charge in [-0.3, -0.25) is 14.4 Å². The van der Waals surface area contributed by atoms with Crippen LogP contribution in [0.5, 0.6) is 0 Å². The molecule has 1 aromatic carbocycles. The summed E-state index contributed by atoms with van der Waals surface area (Å²) < 4.78 is 12.5. The number of likely N-dealkylation sites (tertiary alicyclic amines) is 1. The third-order valence-electron chi connectivity index (χ3n) is 9.32. The maximum Gasteiger partial charge on any atom is 0.312 e. The fraction of sp³-hybridized carbons (Fsp3) is 0.594. The molecule has 2 bridgehead atoms. The van der Waals surface area contributed by atoms with Gasteiger partial charge >= 0.3 is 5.97 Å². The number of hydrogen-bond donors (Lipinski definition) is 1. The Hall–Kier alpha value is -2.68. The molecule has 1 aromatic rings. The molecule has 3 unspecified atom stereocenters. The molecule has 0 saturated carbocycles. The van der Waals surface area contributed by atoms with E-state index in [1.165, 1.54) is 4.90 Å². The molecule has 41 heavy (non-hydrogen) atoms. The number of benzene rings is 1. The van der Waals surface area contributed by atoms with Crippen molar-refractivity contribution in [2.45, 2.75) is 76.7 Å². The van der Waals surface area contributed by atoms with E-state index in [0.717, 1.165) is 12.8 Å². The molecule has 1 spiro atoms. The van der Waals surface area contributed by atoms with Crippen molar-refractivity contribution in [1.82, 2.24) is 4.90 Å². The van der Waals surface area contributed by atoms with Crippen LogP contribution >= 0.6 is 11.6 Å². The number of aliphatic hydroxyl groups excluding tert-OH is 1. The normalized spacial score (nSPS) is 30.8. The summed E-state index contributed by atoms with van der Waals surface area (Å²) in [6, 6.07) is 5.19. The van der Waals surface area contributed by atoms with E-state index >= 15 is 0 Å². The van der Waals surface area contributed by atoms with Crippen LogP contribution in [0, 0.1) is 23.7 Å². The number of carbonyl (C=O) groups is 3. The largest absolute Gasteiger partial charge is 0.465 e. The lowest BCUT2D eigenvalue weighted by atomic mass is 9.62. The molecule has 8 nitrogen and oxygen atoms in total. The summed E-state index contributed by atoms with van der Waals surface area (Å²) in [7, 11) is 0. The number of anilines is 1. The molecule has 4 rings (SSSR count). The van der Waals surface area contributed by atoms with Crippen LogP contribution in [-0.2, 0) is 23.9 Å². The molecule has 3 saturated heterocycles. The number of ether oxygens (including phenoxy) is 2. The third kappa shape index (κ3) is 5.23. The molecule has 224 valence electrons. The number of aliphatic hydroxyl groups is 1. The van der Waals surface area contributed by atoms with Gasteiger partial charge in [0.15, 0.2) is 0 Å². The van der Waals surface area contributed by atoms with Crippen molar-refractivity contribution in [3.05, 3.63) is 54.6 Å². The van der Waals surface area contributed by atoms with Crippen LogP contribution in [0.1, 0.15) is 53.4 Å². The van der Waals surface area contributed by atoms with Gasteiger partial charge in [0.25, 0.3) is 5.91 Å². The number of unbranched alkanes of at least 4 members (excludes halogenated alkanes) is 2. The van der Waals surface area contributed by atoms with Crippen molar-refractivity contribution in [3.63, 3.8) is 0 Å². The molecule has 7 atom stereocenters. The minimum absolute atomic E-state index is 0.116. The SMILES string of the molecule is C=CCCCCOC(=O)[C@@H]1[C@H]2C(=O)N([C@@H](CO)C(C)C)C(C(=O)N(CC=C)c3ccc(Cl)cc3)C23CC(C)[C@@]1(C)O3. The van der Waals surface area contributed by atoms with Gasteiger partial charge in [-0.1, -0.05) is 44.5 Å². The molecule has 3 heterocycles. The molecular weight excluding hydrogens is 544 g/mol. The lowest BCUT2D eigenvalue weighted by Gasteiger charge is -2.40. The van der Waals surface area contributed by atoms with Crippen LogP contribution < -0.4 is 4.90 Å². The molecule has 3 fully saturated rings. The van der Waals surface area contributed by atoms with Gasteiger partial charge in [-0.05, 0) is 68.7 Å². The summed E-state index contributed by atoms with van der Waals surface area (Å²) in [5.74, 6) is -3.22. The summed E-state index contributed by atoms with van der Waals surface area (Å²) >= 11 is 6.13. The van der Waals surface area contributed by atoms with Crippen molar-refractivity contribution in [1.29, 1.82) is 0 Å². The van der Waals surface area contributed by atoms with Gasteiger partial charge in [-0.2, -0.15) is 0 Å². The Labute approximate surface area is 248 Å². The molecule has 3 aliphatic heterocycles. The summed E-state index contributed by atoms with van der Waals surface area (Å²) in [6.45, 7) is 15.3. The van der Waals surface area contributed by atoms with E-state index in [0.29, 0.717) is 23.6 Å². The fourth-order valence-electron chi connectivity index (χ4n) is 7.17. The van der Waals surface area contributed by atoms with Crippen LogP contribution in [0.15, 0.2) is 49.6 Å². The predicted molar refractivity (Wildman–Crippen MR) is 158 cm³/mol. The van der Waals surface area contributed by atoms with Crippen LogP contribution in [-0.4, -0.2) is 70.8 Å². The number of fused-ring (bicyclic) bond motifs is 1. The van der Waals surface area contributed by atoms with Gasteiger partial charge in [-0.25, -0.2) is 0 Å². The molecule has 0 aromatic heterocycles. The maximum absolute atomic E-state index is 14.7. The van der Waals surface area contributed by atoms with Crippen molar-refractivity contribution in [3.8, 4) is 0 Å². The Morgan fingerprint density at radius 2 is 1.93 bits per heavy atom. The first-order chi connectivity index (χ1) is 19.5. The minimum atomic E-state index is -1.25. The zero-order valence-corrected chi connectivity index (χ0v) is 25.3. The molecule has 1 N–H and O–H groups in total. The van der Waals surface area contributed by atoms with E-state index in [4.69, 9.17) is 21.1 Å². The Bertz CT molecular complexity index is 1170. The van der Waals surface area contributed by atoms with Gasteiger partial charge in [0.1, 0.15) is 17.6 Å². The van der Waals surface area contributed by atoms with Crippen molar-refractivity contribution in [2.75, 3.05) is 24.7 Å². The lowest BCUT2D eigenvalue weighted by Crippen LogP contribution is -2.60. The zero-order valence-electron chi connectivity index (χ0n) is 24.6. The van der Waals surface area contributed by atoms with Crippen LogP contribution in [0.3, 0.4) is 0 Å². The first kappa shape index (κ1) is 31.3. The Balaban J connectivity index is 1.79. The first-order valence-corrected chi connectivity index (χ1v) is 14.9. The number of amides is 2. The topological polar surface area (TPSA) is 96.4 Å². The average molecular weight is 587 g/mol. The molecule has 3 aliphatic rings. The second-order valence-electron chi connectivity index (χ2n) is 12.1. The summed E-state index contributed by atoms with van der Waals surface area (Å²) in [5, 5.41) is 11.0. The van der Waals surface area contributed by atoms with Gasteiger partial charge in [0.05, 0.1) is 30.8 Å². The number of hydrogen-bond acceptors (Lipinski definition) is 6. The minimum Gasteiger partial charge on any atom is -0.465 e. The van der Waals surface area contributed by atoms with Crippen LogP contribution in [0.2, 0.25) is 5.02 Å². The number of rotatable bonds is 13. The van der Waals surface area contributed by atoms with Crippen molar-refractivity contribution in [2.24, 2.45) is 23.7 Å². The highest BCUT2D eigenvalue weighted by Crippen LogP contribution is 2.66. The standard InChI is InChI=1S/C32H43ClN2O6/c1-7-9-10-11-17-40-30(39)26-25-28(37)35(24(19-36)20(3)4)27(32(25)18-21(5)31(26,6)41-32)29(38)34(16-8-2)23-14-12-22(33)13-15-23/h7-8,12-15,20-21,24-27,36H,1-2,9-11,16-19H2,3-6H3/t21?,24-,25-,26-,27?,31+,32?/m0/s1. The Kier molecular flexibility index (Phi) is 9.36. The van der Waals surface area contributed by atoms with Crippen LogP contribution in [0.25, 0.3) is 0 Å². The fourth-order valence-corrected chi connectivity index (χ4v) is 7.29. The van der Waals surface area contributed by atoms with Gasteiger partial charge < -0.3 is 24.4 Å². The maximum atomic E-state index is 14.7. The van der Waals surface area contributed by atoms with Gasteiger partial charge in [0.2, 0.25) is 5.91 Å². The van der Waals surface area contributed by atoms with E-state index in [9.17, 15) is 19.5 Å². The molecule has 0 radical (unpaired) electrons. The Morgan fingerprint density at radius 3 is 2.51 bits per heavy atom. The van der Waals surface area contributed by atoms with Crippen LogP contribution in [0.4, 0.5) is 5.69 Å². The smallest absolute Gasteiger partial charge is 0.312 e. The first-order valence-electron chi connectivity index (χ1n) is 14.6. The highest BCUT2D eigenvalue weighted by Gasteiger charge is 2.81. The molecule has 0 aliphatic carbocycles. The monoisotopic (exact) mass is 586 g/mol. The van der Waals surface area contributed by atoms with Crippen molar-refractivity contribution < 1.29 is 29.0 Å². The summed E-state index contributed by atoms with van der Waals surface area (Å²) in [4.78, 5) is 45.9. The number of allylic oxidation sites excluding steroid dienone is 1. The second-order valence-corrected chi connectivity index (χ2v) is 12.5. The number of carbonyl (C=O) groups excluding carboxylic acids is 3. The van der Waals surface area contributed by atoms with E-state index in [1.54, 1.807) is 35.2 Å². The number of halogens is 1. The average Bonchev–Trinajstić information content (AvgIpc) is 3.44. The summed E-state index contributed by atoms with van der Waals surface area (Å²) in [6.07, 6.45) is 6.24. The second kappa shape index (κ2) is 12.3. The molecule has 2 amide bonds. The Morgan fingerprint density at radius 1 is 1.24 bits per heavy atom. The zero-order chi connectivity index (χ0) is 30.1. The van der Waals surface area contributed by atoms with Crippen molar-refractivity contribution >= 4 is 35.1 Å². The quantitative estimate of drug-likeness (QED) is 0.203. The number of nitrogens with zero attached hydrogens (tertiary/aromatic N) is 2. The third-order valence-corrected chi connectivity index (χ3v) is 9.57. The highest BCUT2D eigenvalue weighted by atomic mass is 35.5. The lowest BCUT2D eigenvalue weighted by molar-refractivity contribution is -0.163. The van der Waals surface area contributed by atoms with E-state index in [-0.39, 0.29) is 43.4 Å².